The molecule has 28 heavy (non-hydrogen) atoms. The number of benzene rings is 2. The number of hydrogen-bond acceptors (Lipinski definition) is 3. The van der Waals surface area contributed by atoms with Crippen molar-refractivity contribution in [1.82, 2.24) is 10.3 Å². The van der Waals surface area contributed by atoms with E-state index in [4.69, 9.17) is 0 Å². The van der Waals surface area contributed by atoms with Gasteiger partial charge in [-0.1, -0.05) is 30.3 Å². The molecule has 1 atom stereocenters. The molecule has 0 spiro atoms. The first-order chi connectivity index (χ1) is 13.5. The van der Waals surface area contributed by atoms with Gasteiger partial charge >= 0.3 is 0 Å². The maximum absolute atomic E-state index is 13.5. The number of carbonyl (C=O) groups excluding carboxylic acids is 2. The number of halogens is 1. The third-order valence-electron chi connectivity index (χ3n) is 4.78. The zero-order chi connectivity index (χ0) is 19.8. The Labute approximate surface area is 159 Å². The Morgan fingerprint density at radius 2 is 1.89 bits per heavy atom. The maximum Gasteiger partial charge on any atom is 0.283 e. The molecule has 6 nitrogen and oxygen atoms in total. The van der Waals surface area contributed by atoms with Crippen LogP contribution in [0.2, 0.25) is 0 Å². The Balaban J connectivity index is 1.75. The lowest BCUT2D eigenvalue weighted by Crippen LogP contribution is -2.21. The predicted molar refractivity (Wildman–Crippen MR) is 102 cm³/mol. The molecule has 0 radical (unpaired) electrons. The minimum atomic E-state index is -1.04. The first kappa shape index (κ1) is 17.7. The lowest BCUT2D eigenvalue weighted by molar-refractivity contribution is 0.0959. The lowest BCUT2D eigenvalue weighted by Gasteiger charge is -2.18. The summed E-state index contributed by atoms with van der Waals surface area (Å²) in [5.74, 6) is -1.86. The second-order valence-electron chi connectivity index (χ2n) is 6.55. The number of H-pyrrole nitrogens is 1. The predicted octanol–water partition coefficient (Wildman–Crippen LogP) is 2.91. The van der Waals surface area contributed by atoms with Crippen molar-refractivity contribution in [3.63, 3.8) is 0 Å². The highest BCUT2D eigenvalue weighted by Crippen LogP contribution is 2.37. The van der Waals surface area contributed by atoms with Crippen LogP contribution in [0.4, 0.5) is 10.1 Å². The summed E-state index contributed by atoms with van der Waals surface area (Å²) in [5, 5.41) is 5.67. The fraction of sp³-hybridized carbons (Fsp3) is 0.0952. The summed E-state index contributed by atoms with van der Waals surface area (Å²) in [7, 11) is 0. The zero-order valence-corrected chi connectivity index (χ0v) is 14.9. The van der Waals surface area contributed by atoms with Crippen LogP contribution in [-0.2, 0) is 0 Å². The van der Waals surface area contributed by atoms with E-state index in [1.54, 1.807) is 18.2 Å². The molecule has 1 aromatic heterocycles. The van der Waals surface area contributed by atoms with E-state index in [0.29, 0.717) is 16.8 Å². The summed E-state index contributed by atoms with van der Waals surface area (Å²) in [5.41, 5.74) is 2.57. The topological polar surface area (TPSA) is 91.1 Å². The van der Waals surface area contributed by atoms with E-state index in [-0.39, 0.29) is 11.5 Å². The number of rotatable bonds is 3. The van der Waals surface area contributed by atoms with Crippen LogP contribution in [-0.4, -0.2) is 16.8 Å². The number of amides is 2. The van der Waals surface area contributed by atoms with Crippen LogP contribution in [0, 0.1) is 12.7 Å². The van der Waals surface area contributed by atoms with Crippen LogP contribution in [0.5, 0.6) is 0 Å². The number of aryl methyl sites for hydroxylation is 1. The van der Waals surface area contributed by atoms with Crippen LogP contribution in [0.1, 0.15) is 43.4 Å². The molecule has 1 unspecified atom stereocenters. The molecular formula is C21H16FN3O3. The monoisotopic (exact) mass is 377 g/mol. The summed E-state index contributed by atoms with van der Waals surface area (Å²) < 4.78 is 13.5. The Hall–Kier alpha value is -3.74. The molecule has 0 fully saturated rings. The molecule has 0 bridgehead atoms. The van der Waals surface area contributed by atoms with Gasteiger partial charge in [0.25, 0.3) is 17.4 Å². The molecule has 1 aliphatic rings. The normalized spacial score (nSPS) is 15.1. The first-order valence-corrected chi connectivity index (χ1v) is 8.64. The van der Waals surface area contributed by atoms with E-state index in [1.807, 2.05) is 31.2 Å². The maximum atomic E-state index is 13.5. The van der Waals surface area contributed by atoms with Gasteiger partial charge in [-0.2, -0.15) is 0 Å². The van der Waals surface area contributed by atoms with Gasteiger partial charge in [0.15, 0.2) is 5.82 Å². The Morgan fingerprint density at radius 1 is 1.11 bits per heavy atom. The van der Waals surface area contributed by atoms with Crippen molar-refractivity contribution in [1.29, 1.82) is 0 Å². The van der Waals surface area contributed by atoms with Crippen LogP contribution in [0.25, 0.3) is 0 Å². The Kier molecular flexibility index (Phi) is 4.27. The summed E-state index contributed by atoms with van der Waals surface area (Å²) in [6.45, 7) is 1.95. The van der Waals surface area contributed by atoms with Gasteiger partial charge in [0.05, 0.1) is 11.6 Å². The molecule has 2 aromatic carbocycles. The van der Waals surface area contributed by atoms with Crippen molar-refractivity contribution >= 4 is 17.5 Å². The van der Waals surface area contributed by atoms with Gasteiger partial charge in [0.1, 0.15) is 0 Å². The number of pyridine rings is 1. The minimum absolute atomic E-state index is 0.0283. The SMILES string of the molecule is Cc1ccccc1C1NC(=O)c2cccc(NC(=O)c3c[nH]c(=O)c(F)c3)c21. The molecule has 4 rings (SSSR count). The summed E-state index contributed by atoms with van der Waals surface area (Å²) >= 11 is 0. The number of aromatic nitrogens is 1. The number of nitrogens with one attached hydrogen (secondary N) is 3. The van der Waals surface area contributed by atoms with Gasteiger partial charge in [-0.3, -0.25) is 14.4 Å². The van der Waals surface area contributed by atoms with Crippen molar-refractivity contribution in [2.75, 3.05) is 5.32 Å². The average molecular weight is 377 g/mol. The quantitative estimate of drug-likeness (QED) is 0.655. The lowest BCUT2D eigenvalue weighted by atomic mass is 9.93. The van der Waals surface area contributed by atoms with Crippen molar-refractivity contribution in [3.05, 3.63) is 98.7 Å². The standard InChI is InChI=1S/C21H16FN3O3/c1-11-5-2-3-6-13(11)18-17-14(20(27)25-18)7-4-8-16(17)24-19(26)12-9-15(22)21(28)23-10-12/h2-10,18H,1H3,(H,23,28)(H,24,26)(H,25,27). The van der Waals surface area contributed by atoms with Crippen LogP contribution in [0.15, 0.2) is 59.5 Å². The van der Waals surface area contributed by atoms with Gasteiger partial charge < -0.3 is 15.6 Å². The second kappa shape index (κ2) is 6.77. The average Bonchev–Trinajstić information content (AvgIpc) is 3.02. The smallest absolute Gasteiger partial charge is 0.283 e. The molecular weight excluding hydrogens is 361 g/mol. The van der Waals surface area contributed by atoms with Crippen molar-refractivity contribution in [2.45, 2.75) is 13.0 Å². The molecule has 3 aromatic rings. The van der Waals surface area contributed by atoms with Crippen LogP contribution in [0.3, 0.4) is 0 Å². The van der Waals surface area contributed by atoms with Gasteiger partial charge in [-0.15, -0.1) is 0 Å². The highest BCUT2D eigenvalue weighted by molar-refractivity contribution is 6.07. The van der Waals surface area contributed by atoms with Crippen molar-refractivity contribution in [3.8, 4) is 0 Å². The zero-order valence-electron chi connectivity index (χ0n) is 14.9. The summed E-state index contributed by atoms with van der Waals surface area (Å²) in [4.78, 5) is 38.3. The first-order valence-electron chi connectivity index (χ1n) is 8.64. The molecule has 0 saturated carbocycles. The van der Waals surface area contributed by atoms with Crippen molar-refractivity contribution < 1.29 is 14.0 Å². The van der Waals surface area contributed by atoms with E-state index in [2.05, 4.69) is 15.6 Å². The number of hydrogen-bond donors (Lipinski definition) is 3. The number of anilines is 1. The van der Waals surface area contributed by atoms with E-state index < -0.39 is 23.3 Å². The second-order valence-corrected chi connectivity index (χ2v) is 6.55. The molecule has 140 valence electrons. The third-order valence-corrected chi connectivity index (χ3v) is 4.78. The Morgan fingerprint density at radius 3 is 2.64 bits per heavy atom. The molecule has 3 N–H and O–H groups in total. The van der Waals surface area contributed by atoms with E-state index >= 15 is 0 Å². The van der Waals surface area contributed by atoms with Crippen molar-refractivity contribution in [2.24, 2.45) is 0 Å². The largest absolute Gasteiger partial charge is 0.341 e. The summed E-state index contributed by atoms with van der Waals surface area (Å²) in [6.07, 6.45) is 1.14. The highest BCUT2D eigenvalue weighted by atomic mass is 19.1. The molecule has 0 aliphatic carbocycles. The number of carbonyl (C=O) groups is 2. The molecule has 2 amide bonds. The fourth-order valence-corrected chi connectivity index (χ4v) is 3.39. The Bertz CT molecular complexity index is 1170. The van der Waals surface area contributed by atoms with E-state index in [0.717, 1.165) is 23.4 Å². The van der Waals surface area contributed by atoms with E-state index in [9.17, 15) is 18.8 Å². The number of aromatic amines is 1. The minimum Gasteiger partial charge on any atom is -0.341 e. The van der Waals surface area contributed by atoms with Crippen LogP contribution >= 0.6 is 0 Å². The molecule has 1 aliphatic heterocycles. The fourth-order valence-electron chi connectivity index (χ4n) is 3.39. The molecule has 0 saturated heterocycles. The highest BCUT2D eigenvalue weighted by Gasteiger charge is 2.33. The van der Waals surface area contributed by atoms with Gasteiger partial charge in [0, 0.05) is 23.0 Å². The van der Waals surface area contributed by atoms with Gasteiger partial charge in [0.2, 0.25) is 0 Å². The third kappa shape index (κ3) is 2.96. The van der Waals surface area contributed by atoms with E-state index in [1.165, 1.54) is 0 Å². The van der Waals surface area contributed by atoms with Gasteiger partial charge in [-0.25, -0.2) is 4.39 Å². The van der Waals surface area contributed by atoms with Gasteiger partial charge in [-0.05, 0) is 36.2 Å². The molecule has 2 heterocycles. The number of fused-ring (bicyclic) bond motifs is 1. The summed E-state index contributed by atoms with van der Waals surface area (Å²) in [6, 6.07) is 13.2. The molecule has 7 heteroatoms. The van der Waals surface area contributed by atoms with Crippen LogP contribution < -0.4 is 16.2 Å².